The average Bonchev–Trinajstić information content (AvgIpc) is 3.07. The molecule has 3 rings (SSSR count). The van der Waals surface area contributed by atoms with E-state index in [9.17, 15) is 13.2 Å². The number of hydrogen-bond donors (Lipinski definition) is 1. The Kier molecular flexibility index (Phi) is 5.38. The molecule has 0 fully saturated rings. The van der Waals surface area contributed by atoms with E-state index >= 15 is 0 Å². The first-order chi connectivity index (χ1) is 12.4. The minimum atomic E-state index is -3.40. The van der Waals surface area contributed by atoms with Crippen molar-refractivity contribution >= 4 is 33.5 Å². The number of nitrogens with zero attached hydrogens (tertiary/aromatic N) is 2. The summed E-state index contributed by atoms with van der Waals surface area (Å²) in [5.74, 6) is 0.316. The van der Waals surface area contributed by atoms with E-state index in [-0.39, 0.29) is 16.5 Å². The number of hydrogen-bond acceptors (Lipinski definition) is 7. The normalized spacial score (nSPS) is 11.3. The van der Waals surface area contributed by atoms with Crippen LogP contribution in [0.3, 0.4) is 0 Å². The molecule has 3 aromatic rings. The molecule has 0 saturated heterocycles. The largest absolute Gasteiger partial charge is 0.407 e. The van der Waals surface area contributed by atoms with Crippen LogP contribution in [0.15, 0.2) is 68.8 Å². The lowest BCUT2D eigenvalue weighted by atomic mass is 10.2. The van der Waals surface area contributed by atoms with E-state index in [2.05, 4.69) is 15.5 Å². The second kappa shape index (κ2) is 7.71. The third-order valence-electron chi connectivity index (χ3n) is 3.32. The smallest absolute Gasteiger partial charge is 0.322 e. The van der Waals surface area contributed by atoms with Crippen molar-refractivity contribution < 1.29 is 17.6 Å². The summed E-state index contributed by atoms with van der Waals surface area (Å²) in [5.41, 5.74) is 0.186. The topological polar surface area (TPSA) is 102 Å². The molecule has 7 nitrogen and oxygen atoms in total. The Balaban J connectivity index is 1.64. The fraction of sp³-hybridized carbons (Fsp3) is 0.118. The van der Waals surface area contributed by atoms with Crippen molar-refractivity contribution in [3.63, 3.8) is 0 Å². The van der Waals surface area contributed by atoms with Crippen LogP contribution in [-0.4, -0.2) is 30.8 Å². The Morgan fingerprint density at radius 1 is 1.12 bits per heavy atom. The predicted molar refractivity (Wildman–Crippen MR) is 97.8 cm³/mol. The molecule has 1 N–H and O–H groups in total. The number of carbonyl (C=O) groups is 1. The van der Waals surface area contributed by atoms with Gasteiger partial charge in [-0.05, 0) is 30.3 Å². The van der Waals surface area contributed by atoms with Crippen LogP contribution in [0.1, 0.15) is 16.2 Å². The van der Waals surface area contributed by atoms with Gasteiger partial charge in [0.25, 0.3) is 5.91 Å². The summed E-state index contributed by atoms with van der Waals surface area (Å²) in [6.07, 6.45) is 1.08. The Bertz CT molecular complexity index is 1020. The van der Waals surface area contributed by atoms with E-state index in [0.717, 1.165) is 11.2 Å². The maximum Gasteiger partial charge on any atom is 0.322 e. The van der Waals surface area contributed by atoms with Crippen LogP contribution in [0.25, 0.3) is 0 Å². The summed E-state index contributed by atoms with van der Waals surface area (Å²) in [7, 11) is -3.40. The molecule has 2 aromatic carbocycles. The summed E-state index contributed by atoms with van der Waals surface area (Å²) < 4.78 is 28.6. The number of aromatic nitrogens is 2. The van der Waals surface area contributed by atoms with Gasteiger partial charge in [0, 0.05) is 16.7 Å². The van der Waals surface area contributed by atoms with Crippen LogP contribution in [0.2, 0.25) is 0 Å². The van der Waals surface area contributed by atoms with Gasteiger partial charge in [0.15, 0.2) is 9.84 Å². The van der Waals surface area contributed by atoms with Gasteiger partial charge in [0.05, 0.1) is 10.6 Å². The standard InChI is InChI=1S/C17H15N3O4S2/c1-26(22,23)14-9-5-6-12(10-14)16(21)18-17-20-19-15(24-17)11-25-13-7-3-2-4-8-13/h2-10H,11H2,1H3,(H,18,20,21). The zero-order chi connectivity index (χ0) is 18.6. The minimum Gasteiger partial charge on any atom is -0.407 e. The molecule has 1 heterocycles. The van der Waals surface area contributed by atoms with Crippen LogP contribution in [0, 0.1) is 0 Å². The van der Waals surface area contributed by atoms with Crippen molar-refractivity contribution in [1.82, 2.24) is 10.2 Å². The number of benzene rings is 2. The lowest BCUT2D eigenvalue weighted by Crippen LogP contribution is -2.13. The van der Waals surface area contributed by atoms with Gasteiger partial charge >= 0.3 is 6.01 Å². The van der Waals surface area contributed by atoms with Crippen molar-refractivity contribution in [3.05, 3.63) is 66.1 Å². The molecule has 0 aliphatic carbocycles. The first-order valence-electron chi connectivity index (χ1n) is 7.53. The third kappa shape index (κ3) is 4.70. The quantitative estimate of drug-likeness (QED) is 0.647. The van der Waals surface area contributed by atoms with E-state index < -0.39 is 15.7 Å². The van der Waals surface area contributed by atoms with Gasteiger partial charge < -0.3 is 4.42 Å². The number of amides is 1. The van der Waals surface area contributed by atoms with E-state index in [4.69, 9.17) is 4.42 Å². The summed E-state index contributed by atoms with van der Waals surface area (Å²) in [4.78, 5) is 13.4. The minimum absolute atomic E-state index is 0.0385. The molecule has 9 heteroatoms. The van der Waals surface area contributed by atoms with Gasteiger partial charge in [-0.3, -0.25) is 10.1 Å². The van der Waals surface area contributed by atoms with E-state index in [1.807, 2.05) is 30.3 Å². The number of rotatable bonds is 6. The van der Waals surface area contributed by atoms with E-state index in [0.29, 0.717) is 11.6 Å². The van der Waals surface area contributed by atoms with Gasteiger partial charge in [0.2, 0.25) is 5.89 Å². The molecule has 26 heavy (non-hydrogen) atoms. The molecule has 0 bridgehead atoms. The molecular formula is C17H15N3O4S2. The number of anilines is 1. The molecule has 0 spiro atoms. The van der Waals surface area contributed by atoms with Crippen molar-refractivity contribution in [2.75, 3.05) is 11.6 Å². The number of thioether (sulfide) groups is 1. The monoisotopic (exact) mass is 389 g/mol. The molecule has 0 aliphatic heterocycles. The van der Waals surface area contributed by atoms with Crippen LogP contribution in [-0.2, 0) is 15.6 Å². The van der Waals surface area contributed by atoms with Crippen LogP contribution in [0.4, 0.5) is 6.01 Å². The van der Waals surface area contributed by atoms with Gasteiger partial charge in [-0.1, -0.05) is 29.4 Å². The Morgan fingerprint density at radius 3 is 2.62 bits per heavy atom. The molecule has 134 valence electrons. The second-order valence-electron chi connectivity index (χ2n) is 5.36. The van der Waals surface area contributed by atoms with Gasteiger partial charge in [-0.25, -0.2) is 8.42 Å². The maximum absolute atomic E-state index is 12.2. The fourth-order valence-corrected chi connectivity index (χ4v) is 3.48. The van der Waals surface area contributed by atoms with Gasteiger partial charge in [-0.2, -0.15) is 0 Å². The molecule has 1 amide bonds. The zero-order valence-corrected chi connectivity index (χ0v) is 15.4. The molecule has 0 unspecified atom stereocenters. The lowest BCUT2D eigenvalue weighted by Gasteiger charge is -2.03. The Hall–Kier alpha value is -2.65. The molecule has 0 saturated carbocycles. The highest BCUT2D eigenvalue weighted by molar-refractivity contribution is 7.98. The lowest BCUT2D eigenvalue weighted by molar-refractivity contribution is 0.102. The second-order valence-corrected chi connectivity index (χ2v) is 8.42. The molecule has 1 aromatic heterocycles. The molecule has 0 atom stereocenters. The Labute approximate surface area is 154 Å². The summed E-state index contributed by atoms with van der Waals surface area (Å²) in [6.45, 7) is 0. The number of sulfone groups is 1. The average molecular weight is 389 g/mol. The highest BCUT2D eigenvalue weighted by atomic mass is 32.2. The predicted octanol–water partition coefficient (Wildman–Crippen LogP) is 3.02. The van der Waals surface area contributed by atoms with Crippen molar-refractivity contribution in [3.8, 4) is 0 Å². The first-order valence-corrected chi connectivity index (χ1v) is 10.4. The number of nitrogens with one attached hydrogen (secondary N) is 1. The third-order valence-corrected chi connectivity index (χ3v) is 5.42. The van der Waals surface area contributed by atoms with Crippen molar-refractivity contribution in [2.24, 2.45) is 0 Å². The molecular weight excluding hydrogens is 374 g/mol. The van der Waals surface area contributed by atoms with E-state index in [1.54, 1.807) is 0 Å². The fourth-order valence-electron chi connectivity index (χ4n) is 2.06. The summed E-state index contributed by atoms with van der Waals surface area (Å²) in [6, 6.07) is 15.4. The Morgan fingerprint density at radius 2 is 1.88 bits per heavy atom. The maximum atomic E-state index is 12.2. The zero-order valence-electron chi connectivity index (χ0n) is 13.7. The van der Waals surface area contributed by atoms with Crippen LogP contribution in [0.5, 0.6) is 0 Å². The van der Waals surface area contributed by atoms with Crippen molar-refractivity contribution in [2.45, 2.75) is 15.5 Å². The SMILES string of the molecule is CS(=O)(=O)c1cccc(C(=O)Nc2nnc(CSc3ccccc3)o2)c1. The first kappa shape index (κ1) is 18.2. The highest BCUT2D eigenvalue weighted by Gasteiger charge is 2.14. The van der Waals surface area contributed by atoms with Crippen LogP contribution < -0.4 is 5.32 Å². The summed E-state index contributed by atoms with van der Waals surface area (Å²) in [5, 5.41) is 10.1. The highest BCUT2D eigenvalue weighted by Crippen LogP contribution is 2.22. The van der Waals surface area contributed by atoms with Gasteiger partial charge in [0.1, 0.15) is 0 Å². The van der Waals surface area contributed by atoms with Crippen molar-refractivity contribution in [1.29, 1.82) is 0 Å². The molecule has 0 aliphatic rings. The van der Waals surface area contributed by atoms with Gasteiger partial charge in [-0.15, -0.1) is 16.9 Å². The number of carbonyl (C=O) groups excluding carboxylic acids is 1. The molecule has 0 radical (unpaired) electrons. The summed E-state index contributed by atoms with van der Waals surface area (Å²) >= 11 is 1.53. The van der Waals surface area contributed by atoms with Crippen LogP contribution >= 0.6 is 11.8 Å². The van der Waals surface area contributed by atoms with E-state index in [1.165, 1.54) is 36.0 Å².